The lowest BCUT2D eigenvalue weighted by atomic mass is 10.1. The molecule has 2 nitrogen and oxygen atoms in total. The normalized spacial score (nSPS) is 10.9. The number of carbonyl (C=O) groups is 1. The van der Waals surface area contributed by atoms with E-state index in [1.54, 1.807) is 0 Å². The zero-order valence-electron chi connectivity index (χ0n) is 10.8. The minimum atomic E-state index is -0.693. The Balaban J connectivity index is 1.96. The third kappa shape index (κ3) is 7.66. The molecule has 0 amide bonds. The maximum atomic E-state index is 10.3. The Morgan fingerprint density at radius 2 is 1.67 bits per heavy atom. The summed E-state index contributed by atoms with van der Waals surface area (Å²) in [5.74, 6) is -0.693. The fraction of sp³-hybridized carbons (Fsp3) is 0.438. The molecular weight excluding hydrogens is 224 g/mol. The van der Waals surface area contributed by atoms with E-state index in [0.717, 1.165) is 32.1 Å². The van der Waals surface area contributed by atoms with Gasteiger partial charge in [-0.1, -0.05) is 42.5 Å². The van der Waals surface area contributed by atoms with Crippen LogP contribution in [0.25, 0.3) is 0 Å². The average Bonchev–Trinajstić information content (AvgIpc) is 2.37. The lowest BCUT2D eigenvalue weighted by molar-refractivity contribution is -0.137. The zero-order chi connectivity index (χ0) is 13.1. The number of unbranched alkanes of at least 4 members (excludes halogenated alkanes) is 3. The molecule has 0 unspecified atom stereocenters. The second-order valence-corrected chi connectivity index (χ2v) is 4.49. The lowest BCUT2D eigenvalue weighted by Crippen LogP contribution is -1.92. The van der Waals surface area contributed by atoms with Crippen molar-refractivity contribution in [3.05, 3.63) is 48.0 Å². The summed E-state index contributed by atoms with van der Waals surface area (Å²) < 4.78 is 0. The number of aryl methyl sites for hydroxylation is 1. The fourth-order valence-electron chi connectivity index (χ4n) is 1.84. The van der Waals surface area contributed by atoms with E-state index in [2.05, 4.69) is 36.4 Å². The van der Waals surface area contributed by atoms with Crippen LogP contribution in [0, 0.1) is 0 Å². The van der Waals surface area contributed by atoms with Crippen molar-refractivity contribution >= 4 is 5.97 Å². The monoisotopic (exact) mass is 246 g/mol. The molecule has 18 heavy (non-hydrogen) atoms. The van der Waals surface area contributed by atoms with Gasteiger partial charge in [-0.3, -0.25) is 4.79 Å². The summed E-state index contributed by atoms with van der Waals surface area (Å²) in [5, 5.41) is 8.48. The van der Waals surface area contributed by atoms with E-state index in [1.165, 1.54) is 12.0 Å². The highest BCUT2D eigenvalue weighted by atomic mass is 16.4. The van der Waals surface area contributed by atoms with E-state index in [-0.39, 0.29) is 0 Å². The van der Waals surface area contributed by atoms with Gasteiger partial charge in [-0.25, -0.2) is 0 Å². The molecule has 0 aromatic heterocycles. The fourth-order valence-corrected chi connectivity index (χ4v) is 1.84. The summed E-state index contributed by atoms with van der Waals surface area (Å²) in [6.45, 7) is 0. The minimum absolute atomic E-state index is 0.293. The zero-order valence-corrected chi connectivity index (χ0v) is 10.8. The van der Waals surface area contributed by atoms with Crippen LogP contribution in [0.4, 0.5) is 0 Å². The van der Waals surface area contributed by atoms with Crippen molar-refractivity contribution in [3.63, 3.8) is 0 Å². The number of allylic oxidation sites excluding steroid dienone is 2. The molecule has 1 rings (SSSR count). The highest BCUT2D eigenvalue weighted by molar-refractivity contribution is 5.66. The topological polar surface area (TPSA) is 37.3 Å². The molecule has 0 radical (unpaired) electrons. The highest BCUT2D eigenvalue weighted by Gasteiger charge is 1.94. The molecule has 0 aliphatic carbocycles. The summed E-state index contributed by atoms with van der Waals surface area (Å²) in [6, 6.07) is 10.5. The van der Waals surface area contributed by atoms with Crippen LogP contribution >= 0.6 is 0 Å². The smallest absolute Gasteiger partial charge is 0.303 e. The Morgan fingerprint density at radius 3 is 2.33 bits per heavy atom. The molecular formula is C16H22O2. The minimum Gasteiger partial charge on any atom is -0.481 e. The third-order valence-corrected chi connectivity index (χ3v) is 2.86. The van der Waals surface area contributed by atoms with Crippen LogP contribution in [0.3, 0.4) is 0 Å². The molecule has 98 valence electrons. The molecule has 2 heteroatoms. The Morgan fingerprint density at radius 1 is 1.00 bits per heavy atom. The van der Waals surface area contributed by atoms with Gasteiger partial charge in [-0.15, -0.1) is 0 Å². The first kappa shape index (κ1) is 14.5. The van der Waals surface area contributed by atoms with Gasteiger partial charge in [0.2, 0.25) is 0 Å². The number of hydrogen-bond acceptors (Lipinski definition) is 1. The van der Waals surface area contributed by atoms with Gasteiger partial charge in [-0.05, 0) is 44.1 Å². The molecule has 0 saturated heterocycles. The van der Waals surface area contributed by atoms with Gasteiger partial charge >= 0.3 is 5.97 Å². The SMILES string of the molecule is O=C(O)CCCCC=CCCCc1ccccc1. The van der Waals surface area contributed by atoms with Gasteiger partial charge in [0.05, 0.1) is 0 Å². The van der Waals surface area contributed by atoms with Crippen LogP contribution in [-0.2, 0) is 11.2 Å². The van der Waals surface area contributed by atoms with Crippen LogP contribution in [0.1, 0.15) is 44.1 Å². The van der Waals surface area contributed by atoms with Gasteiger partial charge in [-0.2, -0.15) is 0 Å². The summed E-state index contributed by atoms with van der Waals surface area (Å²) in [4.78, 5) is 10.3. The molecule has 0 heterocycles. The van der Waals surface area contributed by atoms with Crippen molar-refractivity contribution in [2.75, 3.05) is 0 Å². The lowest BCUT2D eigenvalue weighted by Gasteiger charge is -1.98. The second-order valence-electron chi connectivity index (χ2n) is 4.49. The van der Waals surface area contributed by atoms with E-state index in [9.17, 15) is 4.79 Å². The van der Waals surface area contributed by atoms with Gasteiger partial charge in [0.15, 0.2) is 0 Å². The highest BCUT2D eigenvalue weighted by Crippen LogP contribution is 2.06. The first-order chi connectivity index (χ1) is 8.79. The quantitative estimate of drug-likeness (QED) is 0.523. The molecule has 0 saturated carbocycles. The number of benzene rings is 1. The molecule has 0 aliphatic heterocycles. The standard InChI is InChI=1S/C16H22O2/c17-16(18)14-10-5-3-1-2-4-7-11-15-12-8-6-9-13-15/h1-2,6,8-9,12-13H,3-5,7,10-11,14H2,(H,17,18). The molecule has 1 N–H and O–H groups in total. The summed E-state index contributed by atoms with van der Waals surface area (Å²) >= 11 is 0. The molecule has 1 aromatic rings. The number of hydrogen-bond donors (Lipinski definition) is 1. The summed E-state index contributed by atoms with van der Waals surface area (Å²) in [6.07, 6.45) is 10.8. The maximum absolute atomic E-state index is 10.3. The van der Waals surface area contributed by atoms with Crippen molar-refractivity contribution in [3.8, 4) is 0 Å². The van der Waals surface area contributed by atoms with Crippen molar-refractivity contribution in [2.24, 2.45) is 0 Å². The van der Waals surface area contributed by atoms with Gasteiger partial charge in [0.25, 0.3) is 0 Å². The molecule has 1 aromatic carbocycles. The van der Waals surface area contributed by atoms with E-state index < -0.39 is 5.97 Å². The van der Waals surface area contributed by atoms with Gasteiger partial charge in [0.1, 0.15) is 0 Å². The van der Waals surface area contributed by atoms with Crippen LogP contribution in [-0.4, -0.2) is 11.1 Å². The molecule has 0 aliphatic rings. The summed E-state index contributed by atoms with van der Waals surface area (Å²) in [5.41, 5.74) is 1.40. The Bertz CT molecular complexity index is 355. The predicted molar refractivity (Wildman–Crippen MR) is 74.6 cm³/mol. The van der Waals surface area contributed by atoms with Gasteiger partial charge < -0.3 is 5.11 Å². The number of carboxylic acid groups (broad SMARTS) is 1. The molecule has 0 spiro atoms. The van der Waals surface area contributed by atoms with E-state index in [1.807, 2.05) is 6.07 Å². The van der Waals surface area contributed by atoms with Crippen molar-refractivity contribution < 1.29 is 9.90 Å². The van der Waals surface area contributed by atoms with Crippen molar-refractivity contribution in [1.82, 2.24) is 0 Å². The largest absolute Gasteiger partial charge is 0.481 e. The summed E-state index contributed by atoms with van der Waals surface area (Å²) in [7, 11) is 0. The van der Waals surface area contributed by atoms with E-state index in [0.29, 0.717) is 6.42 Å². The number of carboxylic acids is 1. The average molecular weight is 246 g/mol. The molecule has 0 bridgehead atoms. The Labute approximate surface area is 109 Å². The second kappa shape index (κ2) is 9.46. The third-order valence-electron chi connectivity index (χ3n) is 2.86. The van der Waals surface area contributed by atoms with Crippen LogP contribution in [0.15, 0.2) is 42.5 Å². The van der Waals surface area contributed by atoms with Crippen LogP contribution < -0.4 is 0 Å². The first-order valence-electron chi connectivity index (χ1n) is 6.70. The van der Waals surface area contributed by atoms with Crippen molar-refractivity contribution in [1.29, 1.82) is 0 Å². The van der Waals surface area contributed by atoms with Crippen LogP contribution in [0.2, 0.25) is 0 Å². The maximum Gasteiger partial charge on any atom is 0.303 e. The molecule has 0 fully saturated rings. The van der Waals surface area contributed by atoms with Gasteiger partial charge in [0, 0.05) is 6.42 Å². The number of rotatable bonds is 9. The van der Waals surface area contributed by atoms with E-state index >= 15 is 0 Å². The Kier molecular flexibility index (Phi) is 7.61. The predicted octanol–water partition coefficient (Wildman–Crippen LogP) is 4.21. The Hall–Kier alpha value is -1.57. The number of aliphatic carboxylic acids is 1. The van der Waals surface area contributed by atoms with E-state index in [4.69, 9.17) is 5.11 Å². The van der Waals surface area contributed by atoms with Crippen molar-refractivity contribution in [2.45, 2.75) is 44.9 Å². The van der Waals surface area contributed by atoms with Crippen LogP contribution in [0.5, 0.6) is 0 Å². The first-order valence-corrected chi connectivity index (χ1v) is 6.70. The molecule has 0 atom stereocenters.